The molecule has 0 spiro atoms. The van der Waals surface area contributed by atoms with Crippen molar-refractivity contribution in [3.63, 3.8) is 0 Å². The van der Waals surface area contributed by atoms with E-state index in [1.54, 1.807) is 0 Å². The Kier molecular flexibility index (Phi) is 2.99. The van der Waals surface area contributed by atoms with Gasteiger partial charge in [-0.05, 0) is 92.0 Å². The van der Waals surface area contributed by atoms with Gasteiger partial charge in [0.05, 0.1) is 0 Å². The van der Waals surface area contributed by atoms with Gasteiger partial charge in [-0.3, -0.25) is 4.79 Å². The van der Waals surface area contributed by atoms with Crippen molar-refractivity contribution in [1.82, 2.24) is 0 Å². The molecule has 0 saturated heterocycles. The summed E-state index contributed by atoms with van der Waals surface area (Å²) in [6, 6.07) is 2.00. The maximum Gasteiger partial charge on any atom is 0.139 e. The number of aryl methyl sites for hydroxylation is 1. The van der Waals surface area contributed by atoms with E-state index in [0.29, 0.717) is 29.3 Å². The molecule has 0 aliphatic heterocycles. The summed E-state index contributed by atoms with van der Waals surface area (Å²) >= 11 is 0. The monoisotopic (exact) mass is 298 g/mol. The van der Waals surface area contributed by atoms with E-state index in [0.717, 1.165) is 37.7 Å². The van der Waals surface area contributed by atoms with Crippen LogP contribution < -0.4 is 0 Å². The molecule has 3 aliphatic rings. The van der Waals surface area contributed by atoms with Crippen LogP contribution in [0.25, 0.3) is 0 Å². The molecule has 0 radical (unpaired) electrons. The first kappa shape index (κ1) is 14.3. The highest BCUT2D eigenvalue weighted by molar-refractivity contribution is 5.87. The molecule has 4 atom stereocenters. The molecule has 4 rings (SSSR count). The predicted octanol–water partition coefficient (Wildman–Crippen LogP) is 4.43. The van der Waals surface area contributed by atoms with Gasteiger partial charge in [-0.25, -0.2) is 0 Å². The first-order valence-corrected chi connectivity index (χ1v) is 8.78. The maximum atomic E-state index is 12.4. The third-order valence-corrected chi connectivity index (χ3v) is 7.27. The average molecular weight is 298 g/mol. The van der Waals surface area contributed by atoms with Crippen LogP contribution in [0.3, 0.4) is 0 Å². The fourth-order valence-electron chi connectivity index (χ4n) is 5.85. The zero-order valence-corrected chi connectivity index (χ0v) is 13.9. The van der Waals surface area contributed by atoms with Crippen LogP contribution in [-0.4, -0.2) is 10.9 Å². The number of ketones is 1. The maximum absolute atomic E-state index is 12.4. The second-order valence-electron chi connectivity index (χ2n) is 8.05. The van der Waals surface area contributed by atoms with Crippen molar-refractivity contribution >= 4 is 5.78 Å². The van der Waals surface area contributed by atoms with Crippen LogP contribution in [0.4, 0.5) is 0 Å². The number of rotatable bonds is 0. The van der Waals surface area contributed by atoms with Gasteiger partial charge < -0.3 is 5.11 Å². The lowest BCUT2D eigenvalue weighted by Gasteiger charge is -2.48. The molecule has 2 saturated carbocycles. The number of hydrogen-bond acceptors (Lipinski definition) is 2. The molecule has 0 bridgehead atoms. The number of carbonyl (C=O) groups is 1. The molecule has 1 aromatic rings. The van der Waals surface area contributed by atoms with Gasteiger partial charge in [0, 0.05) is 11.8 Å². The van der Waals surface area contributed by atoms with Crippen molar-refractivity contribution in [2.45, 2.75) is 65.2 Å². The van der Waals surface area contributed by atoms with Gasteiger partial charge in [-0.15, -0.1) is 0 Å². The lowest BCUT2D eigenvalue weighted by molar-refractivity contribution is -0.129. The van der Waals surface area contributed by atoms with Crippen molar-refractivity contribution in [3.05, 3.63) is 28.3 Å². The van der Waals surface area contributed by atoms with Crippen molar-refractivity contribution < 1.29 is 9.90 Å². The van der Waals surface area contributed by atoms with E-state index in [1.165, 1.54) is 23.1 Å². The summed E-state index contributed by atoms with van der Waals surface area (Å²) in [5.74, 6) is 2.82. The van der Waals surface area contributed by atoms with Gasteiger partial charge in [0.1, 0.15) is 11.5 Å². The summed E-state index contributed by atoms with van der Waals surface area (Å²) < 4.78 is 0. The molecule has 118 valence electrons. The van der Waals surface area contributed by atoms with E-state index in [1.807, 2.05) is 13.0 Å². The summed E-state index contributed by atoms with van der Waals surface area (Å²) in [6.07, 6.45) is 6.34. The molecule has 0 aromatic heterocycles. The van der Waals surface area contributed by atoms with Gasteiger partial charge >= 0.3 is 0 Å². The predicted molar refractivity (Wildman–Crippen MR) is 87.2 cm³/mol. The minimum atomic E-state index is -0.0431. The van der Waals surface area contributed by atoms with Crippen molar-refractivity contribution in [2.24, 2.45) is 17.3 Å². The molecular formula is C20H26O2. The molecule has 0 unspecified atom stereocenters. The SMILES string of the molecule is Cc1c(O)cc2c(c1C)[C@H]1CC[C@]3(C)C(=O)CC[C@H]3[C@@H]1CC2. The summed E-state index contributed by atoms with van der Waals surface area (Å²) in [7, 11) is 0. The number of carbonyl (C=O) groups excluding carboxylic acids is 1. The Morgan fingerprint density at radius 2 is 1.91 bits per heavy atom. The van der Waals surface area contributed by atoms with E-state index in [4.69, 9.17) is 0 Å². The van der Waals surface area contributed by atoms with E-state index in [2.05, 4.69) is 13.8 Å². The smallest absolute Gasteiger partial charge is 0.139 e. The minimum absolute atomic E-state index is 0.0431. The van der Waals surface area contributed by atoms with Crippen molar-refractivity contribution in [1.29, 1.82) is 0 Å². The highest BCUT2D eigenvalue weighted by Gasteiger charge is 2.54. The molecule has 1 aromatic carbocycles. The number of phenols is 1. The lowest BCUT2D eigenvalue weighted by Crippen LogP contribution is -2.42. The standard InChI is InChI=1S/C20H26O2/c1-11-12(2)19-13(10-17(11)21)4-5-14-15(19)8-9-20(3)16(14)6-7-18(20)22/h10,14-16,21H,4-9H2,1-3H3/t14-,15+,16+,20+/m1/s1. The Balaban J connectivity index is 1.79. The normalized spacial score (nSPS) is 36.7. The van der Waals surface area contributed by atoms with Crippen LogP contribution in [0.2, 0.25) is 0 Å². The van der Waals surface area contributed by atoms with Crippen LogP contribution in [0, 0.1) is 31.1 Å². The molecule has 2 nitrogen and oxygen atoms in total. The molecular weight excluding hydrogens is 272 g/mol. The van der Waals surface area contributed by atoms with Crippen LogP contribution in [0.5, 0.6) is 5.75 Å². The van der Waals surface area contributed by atoms with E-state index in [9.17, 15) is 9.90 Å². The third-order valence-electron chi connectivity index (χ3n) is 7.27. The molecule has 2 heteroatoms. The van der Waals surface area contributed by atoms with E-state index >= 15 is 0 Å². The third kappa shape index (κ3) is 1.70. The van der Waals surface area contributed by atoms with Crippen LogP contribution in [0.1, 0.15) is 67.2 Å². The fourth-order valence-corrected chi connectivity index (χ4v) is 5.85. The summed E-state index contributed by atoms with van der Waals surface area (Å²) in [4.78, 5) is 12.4. The van der Waals surface area contributed by atoms with E-state index in [-0.39, 0.29) is 5.41 Å². The Morgan fingerprint density at radius 1 is 1.14 bits per heavy atom. The number of phenolic OH excluding ortho intramolecular Hbond substituents is 1. The van der Waals surface area contributed by atoms with Crippen LogP contribution >= 0.6 is 0 Å². The van der Waals surface area contributed by atoms with Crippen LogP contribution in [0.15, 0.2) is 6.07 Å². The minimum Gasteiger partial charge on any atom is -0.508 e. The molecule has 1 N–H and O–H groups in total. The Hall–Kier alpha value is -1.31. The first-order chi connectivity index (χ1) is 10.4. The van der Waals surface area contributed by atoms with Gasteiger partial charge in [-0.2, -0.15) is 0 Å². The molecule has 0 heterocycles. The summed E-state index contributed by atoms with van der Waals surface area (Å²) in [5.41, 5.74) is 5.15. The molecule has 0 amide bonds. The highest BCUT2D eigenvalue weighted by Crippen LogP contribution is 2.60. The zero-order valence-electron chi connectivity index (χ0n) is 13.9. The molecule has 3 aliphatic carbocycles. The summed E-state index contributed by atoms with van der Waals surface area (Å²) in [6.45, 7) is 6.43. The zero-order chi connectivity index (χ0) is 15.6. The van der Waals surface area contributed by atoms with Gasteiger partial charge in [0.25, 0.3) is 0 Å². The summed E-state index contributed by atoms with van der Waals surface area (Å²) in [5, 5.41) is 10.1. The number of fused-ring (bicyclic) bond motifs is 5. The van der Waals surface area contributed by atoms with Gasteiger partial charge in [-0.1, -0.05) is 6.92 Å². The number of benzene rings is 1. The Morgan fingerprint density at radius 3 is 2.68 bits per heavy atom. The second kappa shape index (κ2) is 4.59. The molecule has 2 fully saturated rings. The average Bonchev–Trinajstić information content (AvgIpc) is 2.80. The van der Waals surface area contributed by atoms with Gasteiger partial charge in [0.2, 0.25) is 0 Å². The largest absolute Gasteiger partial charge is 0.508 e. The van der Waals surface area contributed by atoms with Crippen LogP contribution in [-0.2, 0) is 11.2 Å². The fraction of sp³-hybridized carbons (Fsp3) is 0.650. The lowest BCUT2D eigenvalue weighted by atomic mass is 9.55. The Labute approximate surface area is 132 Å². The highest BCUT2D eigenvalue weighted by atomic mass is 16.3. The number of hydrogen-bond donors (Lipinski definition) is 1. The number of Topliss-reactive ketones (excluding diaryl/α,β-unsaturated/α-hetero) is 1. The number of aromatic hydroxyl groups is 1. The molecule has 22 heavy (non-hydrogen) atoms. The quantitative estimate of drug-likeness (QED) is 0.769. The Bertz CT molecular complexity index is 660. The van der Waals surface area contributed by atoms with Crippen molar-refractivity contribution in [2.75, 3.05) is 0 Å². The first-order valence-electron chi connectivity index (χ1n) is 8.78. The van der Waals surface area contributed by atoms with Gasteiger partial charge in [0.15, 0.2) is 0 Å². The topological polar surface area (TPSA) is 37.3 Å². The second-order valence-corrected chi connectivity index (χ2v) is 8.05. The van der Waals surface area contributed by atoms with Crippen molar-refractivity contribution in [3.8, 4) is 5.75 Å². The van der Waals surface area contributed by atoms with E-state index < -0.39 is 0 Å².